The number of nitrogens with one attached hydrogen (secondary N) is 1. The smallest absolute Gasteiger partial charge is 0.385 e. The lowest BCUT2D eigenvalue weighted by Crippen LogP contribution is -2.42. The molecule has 0 unspecified atom stereocenters. The molecule has 7 heteroatoms. The summed E-state index contributed by atoms with van der Waals surface area (Å²) in [7, 11) is 0. The molecule has 1 aromatic rings. The van der Waals surface area contributed by atoms with Crippen LogP contribution in [0.25, 0.3) is 0 Å². The van der Waals surface area contributed by atoms with Crippen LogP contribution in [0.5, 0.6) is 0 Å². The van der Waals surface area contributed by atoms with Crippen LogP contribution in [0, 0.1) is 5.92 Å². The van der Waals surface area contributed by atoms with Gasteiger partial charge < -0.3 is 10.2 Å². The minimum Gasteiger partial charge on any atom is -0.385 e. The van der Waals surface area contributed by atoms with Gasteiger partial charge >= 0.3 is 6.18 Å². The zero-order valence-corrected chi connectivity index (χ0v) is 13.5. The molecule has 0 aliphatic carbocycles. The van der Waals surface area contributed by atoms with Gasteiger partial charge in [-0.15, -0.1) is 12.4 Å². The normalized spacial score (nSPS) is 18.7. The lowest BCUT2D eigenvalue weighted by atomic mass is 9.93. The zero-order valence-electron chi connectivity index (χ0n) is 12.7. The van der Waals surface area contributed by atoms with E-state index in [0.29, 0.717) is 5.56 Å². The van der Waals surface area contributed by atoms with Gasteiger partial charge in [-0.2, -0.15) is 13.2 Å². The maximum Gasteiger partial charge on any atom is 0.391 e. The van der Waals surface area contributed by atoms with Gasteiger partial charge in [0, 0.05) is 30.9 Å². The van der Waals surface area contributed by atoms with E-state index in [1.165, 1.54) is 0 Å². The number of benzene rings is 1. The third kappa shape index (κ3) is 3.74. The molecular weight excluding hydrogens is 329 g/mol. The van der Waals surface area contributed by atoms with E-state index in [9.17, 15) is 18.0 Å². The number of nitrogens with zero attached hydrogens (tertiary/aromatic N) is 1. The Morgan fingerprint density at radius 2 is 1.91 bits per heavy atom. The summed E-state index contributed by atoms with van der Waals surface area (Å²) in [6.45, 7) is 1.25. The number of amides is 1. The predicted octanol–water partition coefficient (Wildman–Crippen LogP) is 3.88. The van der Waals surface area contributed by atoms with Gasteiger partial charge in [0.25, 0.3) is 5.91 Å². The number of likely N-dealkylation sites (tertiary alicyclic amines) is 1. The Bertz CT molecular complexity index is 569. The van der Waals surface area contributed by atoms with Gasteiger partial charge in [0.15, 0.2) is 0 Å². The summed E-state index contributed by atoms with van der Waals surface area (Å²) in [5.41, 5.74) is 2.61. The number of alkyl halides is 3. The van der Waals surface area contributed by atoms with Crippen LogP contribution in [0.3, 0.4) is 0 Å². The molecule has 0 spiro atoms. The van der Waals surface area contributed by atoms with Crippen LogP contribution in [-0.4, -0.2) is 36.6 Å². The molecule has 128 valence electrons. The van der Waals surface area contributed by atoms with Gasteiger partial charge in [0.05, 0.1) is 5.92 Å². The molecular formula is C16H20ClF3N2O. The highest BCUT2D eigenvalue weighted by molar-refractivity contribution is 5.97. The summed E-state index contributed by atoms with van der Waals surface area (Å²) in [6, 6.07) is 5.55. The number of hydrogen-bond donors (Lipinski definition) is 1. The quantitative estimate of drug-likeness (QED) is 0.835. The molecule has 0 atom stereocenters. The number of rotatable bonds is 1. The third-order valence-electron chi connectivity index (χ3n) is 4.57. The van der Waals surface area contributed by atoms with Gasteiger partial charge in [0.2, 0.25) is 0 Å². The van der Waals surface area contributed by atoms with E-state index in [4.69, 9.17) is 0 Å². The van der Waals surface area contributed by atoms with Crippen molar-refractivity contribution in [3.63, 3.8) is 0 Å². The summed E-state index contributed by atoms with van der Waals surface area (Å²) >= 11 is 0. The van der Waals surface area contributed by atoms with Crippen molar-refractivity contribution < 1.29 is 18.0 Å². The van der Waals surface area contributed by atoms with Crippen molar-refractivity contribution >= 4 is 24.0 Å². The Morgan fingerprint density at radius 3 is 2.57 bits per heavy atom. The largest absolute Gasteiger partial charge is 0.391 e. The first-order valence-electron chi connectivity index (χ1n) is 7.68. The first-order valence-corrected chi connectivity index (χ1v) is 7.68. The van der Waals surface area contributed by atoms with Crippen LogP contribution in [0.2, 0.25) is 0 Å². The highest BCUT2D eigenvalue weighted by Gasteiger charge is 2.41. The van der Waals surface area contributed by atoms with Crippen LogP contribution in [0.1, 0.15) is 35.2 Å². The van der Waals surface area contributed by atoms with E-state index in [-0.39, 0.29) is 44.2 Å². The Hall–Kier alpha value is -1.43. The third-order valence-corrected chi connectivity index (χ3v) is 4.57. The molecule has 0 saturated carbocycles. The summed E-state index contributed by atoms with van der Waals surface area (Å²) in [4.78, 5) is 14.2. The summed E-state index contributed by atoms with van der Waals surface area (Å²) in [5.74, 6) is -1.41. The first-order chi connectivity index (χ1) is 10.5. The molecule has 2 heterocycles. The SMILES string of the molecule is Cl.O=C(c1cccc2c1CCCN2)N1CCC(C(F)(F)F)CC1. The highest BCUT2D eigenvalue weighted by Crippen LogP contribution is 2.35. The molecule has 2 aliphatic rings. The van der Waals surface area contributed by atoms with Gasteiger partial charge in [-0.25, -0.2) is 0 Å². The minimum atomic E-state index is -4.15. The number of fused-ring (bicyclic) bond motifs is 1. The number of halogens is 4. The number of carbonyl (C=O) groups is 1. The van der Waals surface area contributed by atoms with Crippen molar-refractivity contribution in [3.8, 4) is 0 Å². The van der Waals surface area contributed by atoms with E-state index >= 15 is 0 Å². The molecule has 3 nitrogen and oxygen atoms in total. The van der Waals surface area contributed by atoms with Crippen LogP contribution >= 0.6 is 12.4 Å². The average Bonchev–Trinajstić information content (AvgIpc) is 2.53. The lowest BCUT2D eigenvalue weighted by Gasteiger charge is -2.33. The van der Waals surface area contributed by atoms with E-state index in [2.05, 4.69) is 5.32 Å². The molecule has 0 aromatic heterocycles. The second-order valence-electron chi connectivity index (χ2n) is 5.97. The van der Waals surface area contributed by atoms with E-state index in [1.54, 1.807) is 11.0 Å². The fourth-order valence-electron chi connectivity index (χ4n) is 3.29. The van der Waals surface area contributed by atoms with Crippen LogP contribution in [0.15, 0.2) is 18.2 Å². The molecule has 1 amide bonds. The maximum atomic E-state index is 12.7. The Balaban J connectivity index is 0.00000192. The zero-order chi connectivity index (χ0) is 15.7. The van der Waals surface area contributed by atoms with E-state index < -0.39 is 12.1 Å². The molecule has 3 rings (SSSR count). The fourth-order valence-corrected chi connectivity index (χ4v) is 3.29. The molecule has 1 aromatic carbocycles. The monoisotopic (exact) mass is 348 g/mol. The van der Waals surface area contributed by atoms with Crippen LogP contribution in [-0.2, 0) is 6.42 Å². The molecule has 1 fully saturated rings. The standard InChI is InChI=1S/C16H19F3N2O.ClH/c17-16(18,19)11-6-9-21(10-7-11)15(22)13-3-1-5-14-12(13)4-2-8-20-14;/h1,3,5,11,20H,2,4,6-10H2;1H. The second-order valence-corrected chi connectivity index (χ2v) is 5.97. The minimum absolute atomic E-state index is 0. The lowest BCUT2D eigenvalue weighted by molar-refractivity contribution is -0.183. The van der Waals surface area contributed by atoms with Gasteiger partial charge in [-0.1, -0.05) is 6.07 Å². The Morgan fingerprint density at radius 1 is 1.22 bits per heavy atom. The van der Waals surface area contributed by atoms with Crippen molar-refractivity contribution in [2.45, 2.75) is 31.9 Å². The molecule has 1 saturated heterocycles. The van der Waals surface area contributed by atoms with E-state index in [0.717, 1.165) is 30.6 Å². The average molecular weight is 349 g/mol. The first kappa shape index (κ1) is 17.9. The van der Waals surface area contributed by atoms with Gasteiger partial charge in [0.1, 0.15) is 0 Å². The molecule has 1 N–H and O–H groups in total. The summed E-state index contributed by atoms with van der Waals surface area (Å²) in [5, 5.41) is 3.27. The number of anilines is 1. The van der Waals surface area contributed by atoms with Crippen molar-refractivity contribution in [2.24, 2.45) is 5.92 Å². The van der Waals surface area contributed by atoms with E-state index in [1.807, 2.05) is 12.1 Å². The van der Waals surface area contributed by atoms with Crippen LogP contribution < -0.4 is 5.32 Å². The second kappa shape index (κ2) is 6.99. The van der Waals surface area contributed by atoms with Crippen molar-refractivity contribution in [1.82, 2.24) is 4.90 Å². The fraction of sp³-hybridized carbons (Fsp3) is 0.562. The number of carbonyl (C=O) groups excluding carboxylic acids is 1. The highest BCUT2D eigenvalue weighted by atomic mass is 35.5. The summed E-state index contributed by atoms with van der Waals surface area (Å²) in [6.07, 6.45) is -2.34. The van der Waals surface area contributed by atoms with Gasteiger partial charge in [-0.3, -0.25) is 4.79 Å². The number of piperidine rings is 1. The topological polar surface area (TPSA) is 32.3 Å². The Kier molecular flexibility index (Phi) is 5.45. The molecule has 23 heavy (non-hydrogen) atoms. The predicted molar refractivity (Wildman–Crippen MR) is 85.2 cm³/mol. The Labute approximate surface area is 139 Å². The van der Waals surface area contributed by atoms with Gasteiger partial charge in [-0.05, 0) is 43.4 Å². The van der Waals surface area contributed by atoms with Crippen molar-refractivity contribution in [1.29, 1.82) is 0 Å². The molecule has 2 aliphatic heterocycles. The summed E-state index contributed by atoms with van der Waals surface area (Å²) < 4.78 is 38.1. The van der Waals surface area contributed by atoms with Crippen molar-refractivity contribution in [2.75, 3.05) is 25.0 Å². The number of hydrogen-bond acceptors (Lipinski definition) is 2. The van der Waals surface area contributed by atoms with Crippen LogP contribution in [0.4, 0.5) is 18.9 Å². The molecule has 0 bridgehead atoms. The molecule has 0 radical (unpaired) electrons. The van der Waals surface area contributed by atoms with Crippen molar-refractivity contribution in [3.05, 3.63) is 29.3 Å². The maximum absolute atomic E-state index is 12.7.